The van der Waals surface area contributed by atoms with Crippen molar-refractivity contribution in [3.05, 3.63) is 44.8 Å². The zero-order valence-electron chi connectivity index (χ0n) is 14.5. The van der Waals surface area contributed by atoms with Crippen molar-refractivity contribution in [1.29, 1.82) is 5.26 Å². The van der Waals surface area contributed by atoms with Crippen LogP contribution in [0.3, 0.4) is 0 Å². The van der Waals surface area contributed by atoms with E-state index in [0.717, 1.165) is 29.7 Å². The van der Waals surface area contributed by atoms with Crippen LogP contribution in [-0.2, 0) is 22.4 Å². The van der Waals surface area contributed by atoms with Crippen LogP contribution in [0, 0.1) is 17.2 Å². The highest BCUT2D eigenvalue weighted by molar-refractivity contribution is 7.16. The van der Waals surface area contributed by atoms with Crippen LogP contribution >= 0.6 is 22.9 Å². The van der Waals surface area contributed by atoms with Gasteiger partial charge in [0, 0.05) is 9.90 Å². The van der Waals surface area contributed by atoms with Gasteiger partial charge in [-0.05, 0) is 48.9 Å². The summed E-state index contributed by atoms with van der Waals surface area (Å²) in [7, 11) is 0. The van der Waals surface area contributed by atoms with Crippen molar-refractivity contribution in [2.75, 3.05) is 11.9 Å². The molecule has 0 radical (unpaired) electrons. The summed E-state index contributed by atoms with van der Waals surface area (Å²) < 4.78 is 4.94. The number of hydrogen-bond donors (Lipinski definition) is 2. The fourth-order valence-corrected chi connectivity index (χ4v) is 4.55. The predicted molar refractivity (Wildman–Crippen MR) is 102 cm³/mol. The lowest BCUT2D eigenvalue weighted by Crippen LogP contribution is -2.21. The van der Waals surface area contributed by atoms with E-state index < -0.39 is 18.5 Å². The molecule has 1 aromatic carbocycles. The molecule has 1 aliphatic rings. The van der Waals surface area contributed by atoms with Gasteiger partial charge in [0.25, 0.3) is 5.91 Å². The first-order valence-corrected chi connectivity index (χ1v) is 9.58. The van der Waals surface area contributed by atoms with Crippen LogP contribution in [0.1, 0.15) is 39.7 Å². The molecule has 0 saturated heterocycles. The number of nitriles is 1. The number of esters is 1. The van der Waals surface area contributed by atoms with Gasteiger partial charge in [0.15, 0.2) is 6.61 Å². The van der Waals surface area contributed by atoms with Gasteiger partial charge in [-0.15, -0.1) is 11.3 Å². The number of hydrogen-bond acceptors (Lipinski definition) is 6. The molecule has 8 heteroatoms. The lowest BCUT2D eigenvalue weighted by atomic mass is 9.89. The molecule has 0 spiro atoms. The average molecular weight is 405 g/mol. The van der Waals surface area contributed by atoms with Crippen molar-refractivity contribution in [3.8, 4) is 11.8 Å². The smallest absolute Gasteiger partial charge is 0.342 e. The number of aromatic hydroxyl groups is 1. The number of amides is 1. The highest BCUT2D eigenvalue weighted by Gasteiger charge is 2.25. The molecule has 2 aromatic rings. The summed E-state index contributed by atoms with van der Waals surface area (Å²) in [5, 5.41) is 22.6. The maximum Gasteiger partial charge on any atom is 0.342 e. The molecule has 0 fully saturated rings. The first-order valence-electron chi connectivity index (χ1n) is 8.39. The summed E-state index contributed by atoms with van der Waals surface area (Å²) in [5.74, 6) is -1.14. The molecule has 0 aliphatic heterocycles. The normalized spacial score (nSPS) is 15.5. The second kappa shape index (κ2) is 7.99. The Balaban J connectivity index is 1.65. The van der Waals surface area contributed by atoms with E-state index in [4.69, 9.17) is 16.3 Å². The van der Waals surface area contributed by atoms with Gasteiger partial charge >= 0.3 is 5.97 Å². The number of thiophene rings is 1. The number of nitrogens with zero attached hydrogens (tertiary/aromatic N) is 1. The minimum absolute atomic E-state index is 0.0783. The quantitative estimate of drug-likeness (QED) is 0.753. The number of fused-ring (bicyclic) bond motifs is 1. The number of carbonyl (C=O) groups is 2. The van der Waals surface area contributed by atoms with Crippen LogP contribution in [0.5, 0.6) is 5.75 Å². The van der Waals surface area contributed by atoms with Gasteiger partial charge in [0.2, 0.25) is 0 Å². The van der Waals surface area contributed by atoms with E-state index in [1.807, 2.05) is 0 Å². The molecule has 1 amide bonds. The molecule has 140 valence electrons. The second-order valence-electron chi connectivity index (χ2n) is 6.45. The van der Waals surface area contributed by atoms with E-state index in [-0.39, 0.29) is 16.3 Å². The van der Waals surface area contributed by atoms with Crippen molar-refractivity contribution in [2.45, 2.75) is 26.2 Å². The third kappa shape index (κ3) is 4.24. The Morgan fingerprint density at radius 1 is 1.48 bits per heavy atom. The average Bonchev–Trinajstić information content (AvgIpc) is 2.95. The Kier molecular flexibility index (Phi) is 5.68. The zero-order chi connectivity index (χ0) is 19.6. The Labute approximate surface area is 165 Å². The fourth-order valence-electron chi connectivity index (χ4n) is 3.01. The first-order chi connectivity index (χ1) is 12.9. The van der Waals surface area contributed by atoms with Gasteiger partial charge in [-0.1, -0.05) is 18.5 Å². The standard InChI is InChI=1S/C19H17ClN2O4S/c1-10-2-4-12-14(8-21)18(27-16(12)6-10)22-17(24)9-26-19(25)13-5-3-11(20)7-15(13)23/h3,5,7,10,23H,2,4,6,9H2,1H3,(H,22,24)/t10-/m0/s1. The molecule has 6 nitrogen and oxygen atoms in total. The molecule has 0 saturated carbocycles. The monoisotopic (exact) mass is 404 g/mol. The summed E-state index contributed by atoms with van der Waals surface area (Å²) >= 11 is 7.12. The minimum atomic E-state index is -0.834. The van der Waals surface area contributed by atoms with E-state index in [2.05, 4.69) is 18.3 Å². The Hall–Kier alpha value is -2.56. The summed E-state index contributed by atoms with van der Waals surface area (Å²) in [6.45, 7) is 1.64. The van der Waals surface area contributed by atoms with Crippen LogP contribution in [0.4, 0.5) is 5.00 Å². The molecular weight excluding hydrogens is 388 g/mol. The number of phenolic OH excluding ortho intramolecular Hbond substituents is 1. The van der Waals surface area contributed by atoms with Crippen LogP contribution in [0.25, 0.3) is 0 Å². The number of phenols is 1. The van der Waals surface area contributed by atoms with Crippen molar-refractivity contribution in [3.63, 3.8) is 0 Å². The number of halogens is 1. The zero-order valence-corrected chi connectivity index (χ0v) is 16.1. The number of ether oxygens (including phenoxy) is 1. The van der Waals surface area contributed by atoms with Crippen molar-refractivity contribution in [1.82, 2.24) is 0 Å². The highest BCUT2D eigenvalue weighted by Crippen LogP contribution is 2.39. The summed E-state index contributed by atoms with van der Waals surface area (Å²) in [4.78, 5) is 25.3. The van der Waals surface area contributed by atoms with E-state index in [1.54, 1.807) is 0 Å². The van der Waals surface area contributed by atoms with E-state index >= 15 is 0 Å². The minimum Gasteiger partial charge on any atom is -0.507 e. The van der Waals surface area contributed by atoms with E-state index in [1.165, 1.54) is 29.5 Å². The Bertz CT molecular complexity index is 948. The summed E-state index contributed by atoms with van der Waals surface area (Å²) in [5.41, 5.74) is 1.43. The van der Waals surface area contributed by atoms with Crippen molar-refractivity contribution >= 4 is 39.8 Å². The molecule has 1 aromatic heterocycles. The second-order valence-corrected chi connectivity index (χ2v) is 8.00. The van der Waals surface area contributed by atoms with Gasteiger partial charge in [-0.25, -0.2) is 4.79 Å². The van der Waals surface area contributed by atoms with Gasteiger partial charge in [-0.2, -0.15) is 5.26 Å². The Morgan fingerprint density at radius 2 is 2.26 bits per heavy atom. The molecule has 1 aliphatic carbocycles. The topological polar surface area (TPSA) is 99.4 Å². The third-order valence-corrected chi connectivity index (χ3v) is 5.80. The molecule has 1 heterocycles. The van der Waals surface area contributed by atoms with Crippen LogP contribution in [0.15, 0.2) is 18.2 Å². The summed E-state index contributed by atoms with van der Waals surface area (Å²) in [6.07, 6.45) is 2.75. The van der Waals surface area contributed by atoms with Gasteiger partial charge < -0.3 is 15.2 Å². The van der Waals surface area contributed by atoms with Crippen LogP contribution in [-0.4, -0.2) is 23.6 Å². The molecule has 27 heavy (non-hydrogen) atoms. The maximum absolute atomic E-state index is 12.2. The van der Waals surface area contributed by atoms with Gasteiger partial charge in [0.05, 0.1) is 5.56 Å². The van der Waals surface area contributed by atoms with Gasteiger partial charge in [0.1, 0.15) is 22.4 Å². The number of benzene rings is 1. The molecular formula is C19H17ClN2O4S. The summed E-state index contributed by atoms with van der Waals surface area (Å²) in [6, 6.07) is 6.15. The molecule has 0 unspecified atom stereocenters. The van der Waals surface area contributed by atoms with Crippen molar-refractivity contribution < 1.29 is 19.4 Å². The highest BCUT2D eigenvalue weighted by atomic mass is 35.5. The van der Waals surface area contributed by atoms with Crippen molar-refractivity contribution in [2.24, 2.45) is 5.92 Å². The molecule has 3 rings (SSSR count). The number of anilines is 1. The van der Waals surface area contributed by atoms with Crippen LogP contribution < -0.4 is 5.32 Å². The van der Waals surface area contributed by atoms with E-state index in [9.17, 15) is 20.0 Å². The van der Waals surface area contributed by atoms with E-state index in [0.29, 0.717) is 16.5 Å². The number of nitrogens with one attached hydrogen (secondary N) is 1. The number of carbonyl (C=O) groups excluding carboxylic acids is 2. The molecule has 2 N–H and O–H groups in total. The first kappa shape index (κ1) is 19.2. The largest absolute Gasteiger partial charge is 0.507 e. The number of rotatable bonds is 4. The lowest BCUT2D eigenvalue weighted by molar-refractivity contribution is -0.119. The molecule has 1 atom stereocenters. The fraction of sp³-hybridized carbons (Fsp3) is 0.316. The molecule has 0 bridgehead atoms. The van der Waals surface area contributed by atoms with Gasteiger partial charge in [-0.3, -0.25) is 4.79 Å². The Morgan fingerprint density at radius 3 is 2.96 bits per heavy atom. The SMILES string of the molecule is C[C@H]1CCc2c(sc(NC(=O)COC(=O)c3ccc(Cl)cc3O)c2C#N)C1. The predicted octanol–water partition coefficient (Wildman–Crippen LogP) is 3.90. The van der Waals surface area contributed by atoms with Crippen LogP contribution in [0.2, 0.25) is 5.02 Å². The lowest BCUT2D eigenvalue weighted by Gasteiger charge is -2.17. The third-order valence-electron chi connectivity index (χ3n) is 4.39. The maximum atomic E-state index is 12.2.